The molecule has 0 aromatic rings. The quantitative estimate of drug-likeness (QED) is 0.698. The molecule has 0 aliphatic heterocycles. The summed E-state index contributed by atoms with van der Waals surface area (Å²) in [5.41, 5.74) is 0. The molecule has 0 radical (unpaired) electrons. The summed E-state index contributed by atoms with van der Waals surface area (Å²) < 4.78 is 5.59. The van der Waals surface area contributed by atoms with Crippen LogP contribution in [0.25, 0.3) is 0 Å². The van der Waals surface area contributed by atoms with Crippen molar-refractivity contribution in [1.82, 2.24) is 5.32 Å². The largest absolute Gasteiger partial charge is 0.379 e. The molecule has 0 saturated heterocycles. The van der Waals surface area contributed by atoms with Crippen molar-refractivity contribution in [2.75, 3.05) is 13.2 Å². The first kappa shape index (κ1) is 16.0. The van der Waals surface area contributed by atoms with Gasteiger partial charge in [0.2, 0.25) is 0 Å². The monoisotopic (exact) mass is 255 g/mol. The molecule has 0 aromatic carbocycles. The highest BCUT2D eigenvalue weighted by atomic mass is 16.5. The Bertz CT molecular complexity index is 215. The highest BCUT2D eigenvalue weighted by molar-refractivity contribution is 4.85. The molecular formula is C16H33NO. The van der Waals surface area contributed by atoms with Gasteiger partial charge in [-0.2, -0.15) is 0 Å². The normalized spacial score (nSPS) is 29.2. The van der Waals surface area contributed by atoms with Gasteiger partial charge in [0, 0.05) is 12.6 Å². The Kier molecular flexibility index (Phi) is 7.25. The second-order valence-electron chi connectivity index (χ2n) is 6.66. The Hall–Kier alpha value is -0.0800. The van der Waals surface area contributed by atoms with Gasteiger partial charge in [0.25, 0.3) is 0 Å². The van der Waals surface area contributed by atoms with Crippen molar-refractivity contribution in [3.8, 4) is 0 Å². The van der Waals surface area contributed by atoms with E-state index in [9.17, 15) is 0 Å². The van der Waals surface area contributed by atoms with Crippen LogP contribution in [0, 0.1) is 17.8 Å². The van der Waals surface area contributed by atoms with Crippen LogP contribution in [0.4, 0.5) is 0 Å². The summed E-state index contributed by atoms with van der Waals surface area (Å²) in [6.45, 7) is 13.3. The van der Waals surface area contributed by atoms with E-state index in [4.69, 9.17) is 4.74 Å². The van der Waals surface area contributed by atoms with Gasteiger partial charge >= 0.3 is 0 Å². The number of rotatable bonds is 7. The second kappa shape index (κ2) is 8.16. The minimum absolute atomic E-state index is 0.364. The molecule has 1 fully saturated rings. The van der Waals surface area contributed by atoms with Gasteiger partial charge < -0.3 is 10.1 Å². The third kappa shape index (κ3) is 5.71. The minimum Gasteiger partial charge on any atom is -0.379 e. The first-order valence-corrected chi connectivity index (χ1v) is 7.85. The number of hydrogen-bond acceptors (Lipinski definition) is 2. The van der Waals surface area contributed by atoms with E-state index in [1.165, 1.54) is 19.3 Å². The molecule has 18 heavy (non-hydrogen) atoms. The SMILES string of the molecule is CC1CCC(C(C)C)C(NCCCOC(C)C)C1. The van der Waals surface area contributed by atoms with Crippen LogP contribution in [-0.4, -0.2) is 25.3 Å². The lowest BCUT2D eigenvalue weighted by atomic mass is 9.74. The molecule has 1 saturated carbocycles. The number of hydrogen-bond donors (Lipinski definition) is 1. The topological polar surface area (TPSA) is 21.3 Å². The van der Waals surface area contributed by atoms with Crippen LogP contribution in [0.15, 0.2) is 0 Å². The zero-order valence-electron chi connectivity index (χ0n) is 13.0. The van der Waals surface area contributed by atoms with Gasteiger partial charge in [-0.05, 0) is 57.4 Å². The Morgan fingerprint density at radius 1 is 1.17 bits per heavy atom. The highest BCUT2D eigenvalue weighted by Gasteiger charge is 2.29. The Labute approximate surface area is 114 Å². The van der Waals surface area contributed by atoms with Crippen LogP contribution in [0.5, 0.6) is 0 Å². The predicted molar refractivity (Wildman–Crippen MR) is 78.8 cm³/mol. The second-order valence-corrected chi connectivity index (χ2v) is 6.66. The van der Waals surface area contributed by atoms with Gasteiger partial charge in [-0.1, -0.05) is 27.2 Å². The Morgan fingerprint density at radius 3 is 2.50 bits per heavy atom. The van der Waals surface area contributed by atoms with Crippen molar-refractivity contribution >= 4 is 0 Å². The molecule has 108 valence electrons. The van der Waals surface area contributed by atoms with E-state index in [2.05, 4.69) is 39.9 Å². The van der Waals surface area contributed by atoms with Gasteiger partial charge in [-0.3, -0.25) is 0 Å². The molecule has 0 aromatic heterocycles. The number of nitrogens with one attached hydrogen (secondary N) is 1. The fraction of sp³-hybridized carbons (Fsp3) is 1.00. The molecular weight excluding hydrogens is 222 g/mol. The van der Waals surface area contributed by atoms with Crippen LogP contribution >= 0.6 is 0 Å². The summed E-state index contributed by atoms with van der Waals surface area (Å²) in [5.74, 6) is 2.57. The van der Waals surface area contributed by atoms with Crippen molar-refractivity contribution < 1.29 is 4.74 Å². The molecule has 3 atom stereocenters. The molecule has 0 bridgehead atoms. The molecule has 0 amide bonds. The zero-order valence-corrected chi connectivity index (χ0v) is 13.0. The van der Waals surface area contributed by atoms with Crippen molar-refractivity contribution in [2.45, 2.75) is 72.4 Å². The van der Waals surface area contributed by atoms with E-state index < -0.39 is 0 Å². The summed E-state index contributed by atoms with van der Waals surface area (Å²) >= 11 is 0. The average molecular weight is 255 g/mol. The number of ether oxygens (including phenoxy) is 1. The average Bonchev–Trinajstić information content (AvgIpc) is 2.27. The third-order valence-corrected chi connectivity index (χ3v) is 4.20. The molecule has 0 heterocycles. The fourth-order valence-corrected chi connectivity index (χ4v) is 3.12. The third-order valence-electron chi connectivity index (χ3n) is 4.20. The maximum absolute atomic E-state index is 5.59. The van der Waals surface area contributed by atoms with E-state index >= 15 is 0 Å². The summed E-state index contributed by atoms with van der Waals surface area (Å²) in [5, 5.41) is 3.78. The maximum atomic E-state index is 5.59. The predicted octanol–water partition coefficient (Wildman–Crippen LogP) is 3.85. The van der Waals surface area contributed by atoms with Gasteiger partial charge in [0.1, 0.15) is 0 Å². The van der Waals surface area contributed by atoms with E-state index in [0.29, 0.717) is 6.10 Å². The molecule has 2 nitrogen and oxygen atoms in total. The first-order chi connectivity index (χ1) is 8.50. The minimum atomic E-state index is 0.364. The lowest BCUT2D eigenvalue weighted by molar-refractivity contribution is 0.0750. The Balaban J connectivity index is 2.24. The van der Waals surface area contributed by atoms with Gasteiger partial charge in [-0.25, -0.2) is 0 Å². The lowest BCUT2D eigenvalue weighted by Gasteiger charge is -2.38. The zero-order chi connectivity index (χ0) is 13.5. The molecule has 1 rings (SSSR count). The summed E-state index contributed by atoms with van der Waals surface area (Å²) in [6, 6.07) is 0.729. The standard InChI is InChI=1S/C16H33NO/c1-12(2)15-8-7-14(5)11-16(15)17-9-6-10-18-13(3)4/h12-17H,6-11H2,1-5H3. The van der Waals surface area contributed by atoms with Gasteiger partial charge in [0.15, 0.2) is 0 Å². The van der Waals surface area contributed by atoms with Crippen LogP contribution in [0.2, 0.25) is 0 Å². The summed E-state index contributed by atoms with van der Waals surface area (Å²) in [6.07, 6.45) is 5.67. The van der Waals surface area contributed by atoms with E-state index in [0.717, 1.165) is 43.4 Å². The van der Waals surface area contributed by atoms with Crippen molar-refractivity contribution in [1.29, 1.82) is 0 Å². The summed E-state index contributed by atoms with van der Waals surface area (Å²) in [4.78, 5) is 0. The lowest BCUT2D eigenvalue weighted by Crippen LogP contribution is -2.43. The van der Waals surface area contributed by atoms with Crippen LogP contribution < -0.4 is 5.32 Å². The van der Waals surface area contributed by atoms with Gasteiger partial charge in [0.05, 0.1) is 6.10 Å². The fourth-order valence-electron chi connectivity index (χ4n) is 3.12. The van der Waals surface area contributed by atoms with E-state index in [1.54, 1.807) is 0 Å². The Morgan fingerprint density at radius 2 is 1.89 bits per heavy atom. The smallest absolute Gasteiger partial charge is 0.0518 e. The van der Waals surface area contributed by atoms with Crippen LogP contribution in [0.3, 0.4) is 0 Å². The molecule has 3 unspecified atom stereocenters. The molecule has 0 spiro atoms. The summed E-state index contributed by atoms with van der Waals surface area (Å²) in [7, 11) is 0. The molecule has 2 heteroatoms. The van der Waals surface area contributed by atoms with E-state index in [1.807, 2.05) is 0 Å². The van der Waals surface area contributed by atoms with Crippen molar-refractivity contribution in [2.24, 2.45) is 17.8 Å². The van der Waals surface area contributed by atoms with Crippen LogP contribution in [-0.2, 0) is 4.74 Å². The van der Waals surface area contributed by atoms with Crippen LogP contribution in [0.1, 0.15) is 60.3 Å². The molecule has 1 N–H and O–H groups in total. The van der Waals surface area contributed by atoms with Crippen molar-refractivity contribution in [3.05, 3.63) is 0 Å². The molecule has 1 aliphatic carbocycles. The first-order valence-electron chi connectivity index (χ1n) is 7.85. The highest BCUT2D eigenvalue weighted by Crippen LogP contribution is 2.33. The van der Waals surface area contributed by atoms with Crippen molar-refractivity contribution in [3.63, 3.8) is 0 Å². The molecule has 1 aliphatic rings. The van der Waals surface area contributed by atoms with Gasteiger partial charge in [-0.15, -0.1) is 0 Å². The van der Waals surface area contributed by atoms with E-state index in [-0.39, 0.29) is 0 Å². The maximum Gasteiger partial charge on any atom is 0.0518 e.